The number of nitrogens with one attached hydrogen (secondary N) is 1. The first-order valence-corrected chi connectivity index (χ1v) is 7.50. The zero-order valence-electron chi connectivity index (χ0n) is 11.9. The Balaban J connectivity index is 2.20. The van der Waals surface area contributed by atoms with Gasteiger partial charge in [0.1, 0.15) is 6.04 Å². The number of fused-ring (bicyclic) bond motifs is 1. The molecular weight excluding hydrogens is 290 g/mol. The zero-order chi connectivity index (χ0) is 15.1. The summed E-state index contributed by atoms with van der Waals surface area (Å²) in [5, 5.41) is 12.3. The molecule has 0 aliphatic carbocycles. The minimum absolute atomic E-state index is 0.416. The van der Waals surface area contributed by atoms with Crippen LogP contribution in [-0.4, -0.2) is 36.7 Å². The second-order valence-electron chi connectivity index (χ2n) is 4.74. The van der Waals surface area contributed by atoms with Gasteiger partial charge in [-0.1, -0.05) is 11.8 Å². The van der Waals surface area contributed by atoms with E-state index in [1.165, 1.54) is 11.8 Å². The molecule has 0 fully saturated rings. The van der Waals surface area contributed by atoms with Crippen LogP contribution in [-0.2, 0) is 11.8 Å². The lowest BCUT2D eigenvalue weighted by molar-refractivity contribution is -0.115. The second-order valence-corrected chi connectivity index (χ2v) is 5.52. The Bertz CT molecular complexity index is 745. The van der Waals surface area contributed by atoms with Gasteiger partial charge in [0.25, 0.3) is 0 Å². The summed E-state index contributed by atoms with van der Waals surface area (Å²) in [6.45, 7) is 1.81. The zero-order valence-corrected chi connectivity index (χ0v) is 12.7. The molecule has 8 nitrogen and oxygen atoms in total. The topological polar surface area (TPSA) is 104 Å². The van der Waals surface area contributed by atoms with Gasteiger partial charge >= 0.3 is 0 Å². The summed E-state index contributed by atoms with van der Waals surface area (Å²) in [4.78, 5) is 16.3. The Kier molecular flexibility index (Phi) is 3.20. The van der Waals surface area contributed by atoms with Gasteiger partial charge in [0.2, 0.25) is 17.0 Å². The third-order valence-corrected chi connectivity index (χ3v) is 3.86. The van der Waals surface area contributed by atoms with E-state index in [0.717, 1.165) is 5.56 Å². The van der Waals surface area contributed by atoms with Crippen LogP contribution in [0.4, 0.5) is 5.95 Å². The molecule has 1 aliphatic rings. The van der Waals surface area contributed by atoms with Gasteiger partial charge < -0.3 is 11.1 Å². The molecule has 110 valence electrons. The van der Waals surface area contributed by atoms with Crippen LogP contribution in [0.3, 0.4) is 0 Å². The van der Waals surface area contributed by atoms with Crippen molar-refractivity contribution in [3.05, 3.63) is 29.2 Å². The largest absolute Gasteiger partial charge is 0.366 e. The van der Waals surface area contributed by atoms with Crippen LogP contribution >= 0.6 is 11.8 Å². The molecule has 0 unspecified atom stereocenters. The Morgan fingerprint density at radius 3 is 2.86 bits per heavy atom. The number of aromatic nitrogens is 5. The van der Waals surface area contributed by atoms with Crippen molar-refractivity contribution < 1.29 is 4.79 Å². The van der Waals surface area contributed by atoms with Crippen LogP contribution in [0, 0.1) is 0 Å². The summed E-state index contributed by atoms with van der Waals surface area (Å²) in [5.41, 5.74) is 7.55. The minimum Gasteiger partial charge on any atom is -0.366 e. The quantitative estimate of drug-likeness (QED) is 0.801. The van der Waals surface area contributed by atoms with E-state index in [4.69, 9.17) is 5.73 Å². The lowest BCUT2D eigenvalue weighted by Gasteiger charge is -2.26. The number of primary amides is 1. The normalized spacial score (nSPS) is 17.6. The number of carbonyl (C=O) groups is 1. The van der Waals surface area contributed by atoms with Gasteiger partial charge in [-0.3, -0.25) is 9.48 Å². The van der Waals surface area contributed by atoms with E-state index in [0.29, 0.717) is 22.4 Å². The highest BCUT2D eigenvalue weighted by Crippen LogP contribution is 2.35. The van der Waals surface area contributed by atoms with Crippen molar-refractivity contribution in [2.75, 3.05) is 11.6 Å². The molecule has 0 bridgehead atoms. The van der Waals surface area contributed by atoms with Crippen molar-refractivity contribution in [3.8, 4) is 0 Å². The second kappa shape index (κ2) is 4.92. The molecule has 0 saturated carbocycles. The monoisotopic (exact) mass is 305 g/mol. The van der Waals surface area contributed by atoms with Gasteiger partial charge in [-0.05, 0) is 13.2 Å². The van der Waals surface area contributed by atoms with E-state index in [2.05, 4.69) is 20.5 Å². The standard InChI is InChI=1S/C12H15N7OS/c1-6-8(10(13)20)9(7-4-14-18(2)5-7)19-11(15-6)16-12(17-19)21-3/h4-5,9H,1-3H3,(H2,13,20)(H,15,16,17)/t9-/m0/s1. The summed E-state index contributed by atoms with van der Waals surface area (Å²) in [7, 11) is 1.82. The van der Waals surface area contributed by atoms with Crippen LogP contribution in [0.2, 0.25) is 0 Å². The summed E-state index contributed by atoms with van der Waals surface area (Å²) in [6, 6.07) is -0.416. The van der Waals surface area contributed by atoms with Crippen LogP contribution in [0.1, 0.15) is 18.5 Å². The highest BCUT2D eigenvalue weighted by atomic mass is 32.2. The van der Waals surface area contributed by atoms with Gasteiger partial charge in [0, 0.05) is 24.5 Å². The van der Waals surface area contributed by atoms with E-state index < -0.39 is 11.9 Å². The number of carbonyl (C=O) groups excluding carboxylic acids is 1. The molecule has 0 saturated heterocycles. The molecule has 0 radical (unpaired) electrons. The molecule has 0 aromatic carbocycles. The highest BCUT2D eigenvalue weighted by Gasteiger charge is 2.33. The number of nitrogens with zero attached hydrogens (tertiary/aromatic N) is 5. The van der Waals surface area contributed by atoms with Crippen molar-refractivity contribution in [1.29, 1.82) is 0 Å². The highest BCUT2D eigenvalue weighted by molar-refractivity contribution is 7.98. The van der Waals surface area contributed by atoms with Crippen LogP contribution < -0.4 is 11.1 Å². The number of aryl methyl sites for hydroxylation is 1. The summed E-state index contributed by atoms with van der Waals surface area (Å²) in [6.07, 6.45) is 5.45. The van der Waals surface area contributed by atoms with Crippen LogP contribution in [0.15, 0.2) is 28.8 Å². The smallest absolute Gasteiger partial charge is 0.248 e. The molecular formula is C12H15N7OS. The first-order chi connectivity index (χ1) is 10.0. The maximum atomic E-state index is 11.9. The van der Waals surface area contributed by atoms with E-state index in [9.17, 15) is 4.79 Å². The van der Waals surface area contributed by atoms with Crippen molar-refractivity contribution in [2.45, 2.75) is 18.1 Å². The van der Waals surface area contributed by atoms with Crippen molar-refractivity contribution in [3.63, 3.8) is 0 Å². The van der Waals surface area contributed by atoms with E-state index in [1.54, 1.807) is 22.5 Å². The predicted octanol–water partition coefficient (Wildman–Crippen LogP) is 0.508. The molecule has 2 aromatic rings. The molecule has 0 spiro atoms. The third kappa shape index (κ3) is 2.19. The molecule has 1 atom stereocenters. The average Bonchev–Trinajstić information content (AvgIpc) is 3.02. The molecule has 2 aromatic heterocycles. The summed E-state index contributed by atoms with van der Waals surface area (Å²) >= 11 is 1.44. The molecule has 3 N–H and O–H groups in total. The van der Waals surface area contributed by atoms with Gasteiger partial charge in [0.15, 0.2) is 0 Å². The maximum Gasteiger partial charge on any atom is 0.248 e. The number of anilines is 1. The molecule has 21 heavy (non-hydrogen) atoms. The number of allylic oxidation sites excluding steroid dienone is 1. The number of nitrogens with two attached hydrogens (primary N) is 1. The lowest BCUT2D eigenvalue weighted by atomic mass is 9.98. The molecule has 3 heterocycles. The SMILES string of the molecule is CSc1nc2n(n1)[C@@H](c1cnn(C)c1)C(C(N)=O)=C(C)N2. The fraction of sp³-hybridized carbons (Fsp3) is 0.333. The lowest BCUT2D eigenvalue weighted by Crippen LogP contribution is -2.31. The summed E-state index contributed by atoms with van der Waals surface area (Å²) < 4.78 is 3.35. The van der Waals surface area contributed by atoms with E-state index >= 15 is 0 Å². The van der Waals surface area contributed by atoms with Gasteiger partial charge in [-0.2, -0.15) is 10.1 Å². The van der Waals surface area contributed by atoms with E-state index in [-0.39, 0.29) is 0 Å². The molecule has 1 aliphatic heterocycles. The number of hydrogen-bond acceptors (Lipinski definition) is 6. The predicted molar refractivity (Wildman–Crippen MR) is 78.7 cm³/mol. The van der Waals surface area contributed by atoms with Gasteiger partial charge in [0.05, 0.1) is 11.8 Å². The Morgan fingerprint density at radius 1 is 1.52 bits per heavy atom. The van der Waals surface area contributed by atoms with Crippen LogP contribution in [0.25, 0.3) is 0 Å². The number of hydrogen-bond donors (Lipinski definition) is 2. The Labute approximate surface area is 125 Å². The average molecular weight is 305 g/mol. The van der Waals surface area contributed by atoms with Crippen LogP contribution in [0.5, 0.6) is 0 Å². The number of rotatable bonds is 3. The minimum atomic E-state index is -0.485. The number of amides is 1. The number of thioether (sulfide) groups is 1. The summed E-state index contributed by atoms with van der Waals surface area (Å²) in [5.74, 6) is 0.108. The maximum absolute atomic E-state index is 11.9. The van der Waals surface area contributed by atoms with Gasteiger partial charge in [-0.15, -0.1) is 5.10 Å². The van der Waals surface area contributed by atoms with E-state index in [1.807, 2.05) is 19.5 Å². The molecule has 1 amide bonds. The first kappa shape index (κ1) is 13.7. The van der Waals surface area contributed by atoms with Crippen molar-refractivity contribution >= 4 is 23.6 Å². The first-order valence-electron chi connectivity index (χ1n) is 6.28. The molecule has 9 heteroatoms. The van der Waals surface area contributed by atoms with Crippen molar-refractivity contribution in [1.82, 2.24) is 24.5 Å². The fourth-order valence-corrected chi connectivity index (χ4v) is 2.77. The van der Waals surface area contributed by atoms with Gasteiger partial charge in [-0.25, -0.2) is 4.68 Å². The Hall–Kier alpha value is -2.29. The molecule has 3 rings (SSSR count). The van der Waals surface area contributed by atoms with Crippen molar-refractivity contribution in [2.24, 2.45) is 12.8 Å². The Morgan fingerprint density at radius 2 is 2.29 bits per heavy atom. The third-order valence-electron chi connectivity index (χ3n) is 3.32. The fourth-order valence-electron chi connectivity index (χ4n) is 2.43.